The van der Waals surface area contributed by atoms with Gasteiger partial charge >= 0.3 is 0 Å². The number of nitrogens with zero attached hydrogens (tertiary/aromatic N) is 3. The Hall–Kier alpha value is -2.77. The molecule has 7 nitrogen and oxygen atoms in total. The van der Waals surface area contributed by atoms with E-state index in [0.29, 0.717) is 25.3 Å². The molecule has 0 aliphatic carbocycles. The van der Waals surface area contributed by atoms with Crippen molar-refractivity contribution in [3.05, 3.63) is 41.2 Å². The Bertz CT molecular complexity index is 864. The summed E-state index contributed by atoms with van der Waals surface area (Å²) in [6, 6.07) is 4.19. The van der Waals surface area contributed by atoms with E-state index in [4.69, 9.17) is 0 Å². The molecule has 150 valence electrons. The number of benzene rings is 1. The van der Waals surface area contributed by atoms with Crippen LogP contribution in [0.2, 0.25) is 0 Å². The minimum absolute atomic E-state index is 0.0714. The first kappa shape index (κ1) is 20.0. The molecule has 1 saturated heterocycles. The van der Waals surface area contributed by atoms with Gasteiger partial charge in [-0.05, 0) is 43.9 Å². The molecule has 3 rings (SSSR count). The number of amides is 2. The Labute approximate surface area is 163 Å². The third-order valence-corrected chi connectivity index (χ3v) is 4.77. The van der Waals surface area contributed by atoms with Gasteiger partial charge in [-0.2, -0.15) is 5.10 Å². The number of aryl methyl sites for hydroxylation is 1. The maximum atomic E-state index is 14.4. The predicted molar refractivity (Wildman–Crippen MR) is 103 cm³/mol. The minimum atomic E-state index is -0.610. The molecule has 2 N–H and O–H groups in total. The highest BCUT2D eigenvalue weighted by Crippen LogP contribution is 2.26. The summed E-state index contributed by atoms with van der Waals surface area (Å²) in [5.74, 6) is 0.636. The lowest BCUT2D eigenvalue weighted by Crippen LogP contribution is -2.39. The molecule has 0 spiro atoms. The fourth-order valence-corrected chi connectivity index (χ4v) is 3.42. The molecule has 2 aromatic rings. The van der Waals surface area contributed by atoms with Gasteiger partial charge in [0.15, 0.2) is 5.82 Å². The first-order valence-corrected chi connectivity index (χ1v) is 9.61. The van der Waals surface area contributed by atoms with E-state index in [1.54, 1.807) is 11.0 Å². The number of halogens is 1. The third kappa shape index (κ3) is 4.74. The summed E-state index contributed by atoms with van der Waals surface area (Å²) in [4.78, 5) is 30.8. The van der Waals surface area contributed by atoms with E-state index in [1.165, 1.54) is 12.1 Å². The fraction of sp³-hybridized carbons (Fsp3) is 0.500. The normalized spacial score (nSPS) is 17.0. The first-order chi connectivity index (χ1) is 13.3. The summed E-state index contributed by atoms with van der Waals surface area (Å²) in [6.07, 6.45) is 2.07. The largest absolute Gasteiger partial charge is 0.338 e. The van der Waals surface area contributed by atoms with Crippen LogP contribution in [0.3, 0.4) is 0 Å². The van der Waals surface area contributed by atoms with Crippen molar-refractivity contribution in [3.8, 4) is 0 Å². The number of rotatable bonds is 5. The van der Waals surface area contributed by atoms with Gasteiger partial charge in [0.05, 0.1) is 5.69 Å². The fourth-order valence-electron chi connectivity index (χ4n) is 3.42. The van der Waals surface area contributed by atoms with Crippen molar-refractivity contribution in [1.82, 2.24) is 20.1 Å². The number of nitrogens with one attached hydrogen (secondary N) is 2. The van der Waals surface area contributed by atoms with Gasteiger partial charge in [0.2, 0.25) is 5.91 Å². The van der Waals surface area contributed by atoms with Crippen LogP contribution in [0.1, 0.15) is 61.0 Å². The Balaban J connectivity index is 1.68. The third-order valence-electron chi connectivity index (χ3n) is 4.77. The number of piperidine rings is 1. The summed E-state index contributed by atoms with van der Waals surface area (Å²) in [5, 5.41) is 9.60. The maximum absolute atomic E-state index is 14.4. The lowest BCUT2D eigenvalue weighted by Gasteiger charge is -2.31. The number of likely N-dealkylation sites (tertiary alicyclic amines) is 1. The predicted octanol–water partition coefficient (Wildman–Crippen LogP) is 3.26. The van der Waals surface area contributed by atoms with Crippen LogP contribution in [-0.2, 0) is 4.79 Å². The zero-order chi connectivity index (χ0) is 20.3. The molecule has 0 saturated carbocycles. The quantitative estimate of drug-likeness (QED) is 0.824. The number of carbonyl (C=O) groups is 2. The van der Waals surface area contributed by atoms with E-state index in [2.05, 4.69) is 20.5 Å². The molecule has 0 unspecified atom stereocenters. The molecule has 0 radical (unpaired) electrons. The van der Waals surface area contributed by atoms with Crippen molar-refractivity contribution in [2.75, 3.05) is 18.4 Å². The van der Waals surface area contributed by atoms with E-state index in [0.717, 1.165) is 18.7 Å². The van der Waals surface area contributed by atoms with Crippen LogP contribution in [0.5, 0.6) is 0 Å². The van der Waals surface area contributed by atoms with E-state index in [1.807, 2.05) is 20.8 Å². The Morgan fingerprint density at radius 3 is 2.82 bits per heavy atom. The van der Waals surface area contributed by atoms with Crippen molar-refractivity contribution in [2.45, 2.75) is 46.0 Å². The average molecular weight is 387 g/mol. The Kier molecular flexibility index (Phi) is 6.06. The number of aromatic amines is 1. The SMILES string of the molecule is Cc1nc([C@@H]2CCCN(C(=O)c3ccc(NC(=O)CC(C)C)c(F)c3)C2)n[nH]1. The molecule has 1 fully saturated rings. The first-order valence-electron chi connectivity index (χ1n) is 9.61. The van der Waals surface area contributed by atoms with Gasteiger partial charge in [0.1, 0.15) is 11.6 Å². The Morgan fingerprint density at radius 1 is 1.39 bits per heavy atom. The van der Waals surface area contributed by atoms with E-state index in [9.17, 15) is 14.0 Å². The van der Waals surface area contributed by atoms with Crippen molar-refractivity contribution in [1.29, 1.82) is 0 Å². The average Bonchev–Trinajstić information content (AvgIpc) is 3.09. The van der Waals surface area contributed by atoms with Gasteiger partial charge in [0.25, 0.3) is 5.91 Å². The molecule has 2 amide bonds. The van der Waals surface area contributed by atoms with Gasteiger partial charge in [-0.1, -0.05) is 13.8 Å². The molecule has 28 heavy (non-hydrogen) atoms. The molecule has 1 aliphatic rings. The van der Waals surface area contributed by atoms with Crippen molar-refractivity contribution >= 4 is 17.5 Å². The highest BCUT2D eigenvalue weighted by molar-refractivity contribution is 5.96. The standard InChI is InChI=1S/C20H26FN5O2/c1-12(2)9-18(27)23-17-7-6-14(10-16(17)21)20(28)26-8-4-5-15(11-26)19-22-13(3)24-25-19/h6-7,10,12,15H,4-5,8-9,11H2,1-3H3,(H,23,27)(H,22,24,25)/t15-/m1/s1. The van der Waals surface area contributed by atoms with Crippen LogP contribution in [0, 0.1) is 18.7 Å². The van der Waals surface area contributed by atoms with Gasteiger partial charge in [-0.25, -0.2) is 9.37 Å². The number of H-pyrrole nitrogens is 1. The van der Waals surface area contributed by atoms with E-state index < -0.39 is 5.82 Å². The molecular weight excluding hydrogens is 361 g/mol. The molecule has 2 heterocycles. The second-order valence-electron chi connectivity index (χ2n) is 7.71. The second-order valence-corrected chi connectivity index (χ2v) is 7.71. The molecule has 0 bridgehead atoms. The summed E-state index contributed by atoms with van der Waals surface area (Å²) in [7, 11) is 0. The molecule has 8 heteroatoms. The van der Waals surface area contributed by atoms with Crippen LogP contribution in [0.25, 0.3) is 0 Å². The van der Waals surface area contributed by atoms with Crippen LogP contribution in [-0.4, -0.2) is 45.0 Å². The van der Waals surface area contributed by atoms with Crippen molar-refractivity contribution in [3.63, 3.8) is 0 Å². The number of hydrogen-bond donors (Lipinski definition) is 2. The number of carbonyl (C=O) groups excluding carboxylic acids is 2. The number of hydrogen-bond acceptors (Lipinski definition) is 4. The summed E-state index contributed by atoms with van der Waals surface area (Å²) >= 11 is 0. The zero-order valence-corrected chi connectivity index (χ0v) is 16.5. The molecule has 1 aliphatic heterocycles. The van der Waals surface area contributed by atoms with Crippen LogP contribution in [0.4, 0.5) is 10.1 Å². The van der Waals surface area contributed by atoms with Crippen LogP contribution < -0.4 is 5.32 Å². The monoisotopic (exact) mass is 387 g/mol. The minimum Gasteiger partial charge on any atom is -0.338 e. The van der Waals surface area contributed by atoms with E-state index in [-0.39, 0.29) is 34.9 Å². The summed E-state index contributed by atoms with van der Waals surface area (Å²) in [6.45, 7) is 6.80. The zero-order valence-electron chi connectivity index (χ0n) is 16.5. The van der Waals surface area contributed by atoms with Gasteiger partial charge in [-0.3, -0.25) is 14.7 Å². The van der Waals surface area contributed by atoms with Crippen molar-refractivity contribution in [2.24, 2.45) is 5.92 Å². The van der Waals surface area contributed by atoms with Gasteiger partial charge < -0.3 is 10.2 Å². The second kappa shape index (κ2) is 8.50. The van der Waals surface area contributed by atoms with Gasteiger partial charge in [-0.15, -0.1) is 0 Å². The molecule has 1 aromatic heterocycles. The van der Waals surface area contributed by atoms with Gasteiger partial charge in [0, 0.05) is 31.0 Å². The summed E-state index contributed by atoms with van der Waals surface area (Å²) < 4.78 is 14.4. The number of anilines is 1. The highest BCUT2D eigenvalue weighted by Gasteiger charge is 2.28. The lowest BCUT2D eigenvalue weighted by atomic mass is 9.96. The van der Waals surface area contributed by atoms with Crippen molar-refractivity contribution < 1.29 is 14.0 Å². The number of aromatic nitrogens is 3. The topological polar surface area (TPSA) is 91.0 Å². The molecule has 1 aromatic carbocycles. The maximum Gasteiger partial charge on any atom is 0.253 e. The molecule has 1 atom stereocenters. The van der Waals surface area contributed by atoms with Crippen LogP contribution in [0.15, 0.2) is 18.2 Å². The van der Waals surface area contributed by atoms with Crippen LogP contribution >= 0.6 is 0 Å². The smallest absolute Gasteiger partial charge is 0.253 e. The molecular formula is C20H26FN5O2. The van der Waals surface area contributed by atoms with E-state index >= 15 is 0 Å². The Morgan fingerprint density at radius 2 is 2.18 bits per heavy atom. The summed E-state index contributed by atoms with van der Waals surface area (Å²) in [5.41, 5.74) is 0.362. The highest BCUT2D eigenvalue weighted by atomic mass is 19.1. The lowest BCUT2D eigenvalue weighted by molar-refractivity contribution is -0.116.